The lowest BCUT2D eigenvalue weighted by atomic mass is 10.0. The van der Waals surface area contributed by atoms with Gasteiger partial charge in [-0.1, -0.05) is 12.1 Å². The van der Waals surface area contributed by atoms with Gasteiger partial charge in [0, 0.05) is 11.3 Å². The number of fused-ring (bicyclic) bond motifs is 1. The molecular weight excluding hydrogens is 316 g/mol. The van der Waals surface area contributed by atoms with Crippen LogP contribution in [0.5, 0.6) is 5.75 Å². The highest BCUT2D eigenvalue weighted by Gasteiger charge is 2.28. The van der Waals surface area contributed by atoms with Crippen LogP contribution in [0, 0.1) is 6.92 Å². The number of nitrogens with zero attached hydrogens (tertiary/aromatic N) is 1. The Morgan fingerprint density at radius 2 is 2.35 bits per heavy atom. The Hall–Kier alpha value is -2.48. The van der Waals surface area contributed by atoms with Gasteiger partial charge in [0.2, 0.25) is 5.91 Å². The zero-order valence-corrected chi connectivity index (χ0v) is 13.3. The summed E-state index contributed by atoms with van der Waals surface area (Å²) in [5.74, 6) is 0.861. The van der Waals surface area contributed by atoms with Crippen molar-refractivity contribution in [3.8, 4) is 5.75 Å². The van der Waals surface area contributed by atoms with E-state index in [9.17, 15) is 9.59 Å². The number of aromatic nitrogens is 2. The molecule has 0 fully saturated rings. The van der Waals surface area contributed by atoms with E-state index >= 15 is 0 Å². The number of aryl methyl sites for hydroxylation is 1. The average Bonchev–Trinajstić information content (AvgIpc) is 2.78. The third kappa shape index (κ3) is 3.31. The molecule has 0 bridgehead atoms. The van der Waals surface area contributed by atoms with E-state index < -0.39 is 5.91 Å². The summed E-state index contributed by atoms with van der Waals surface area (Å²) in [6, 6.07) is 7.43. The second-order valence-electron chi connectivity index (χ2n) is 5.18. The maximum atomic E-state index is 11.8. The van der Waals surface area contributed by atoms with Gasteiger partial charge in [-0.25, -0.2) is 0 Å². The minimum absolute atomic E-state index is 0.0557. The molecule has 120 valence electrons. The van der Waals surface area contributed by atoms with Gasteiger partial charge < -0.3 is 15.8 Å². The largest absolute Gasteiger partial charge is 0.484 e. The lowest BCUT2D eigenvalue weighted by Crippen LogP contribution is -2.20. The molecule has 2 aromatic rings. The fraction of sp³-hybridized carbons (Fsp3) is 0.267. The zero-order chi connectivity index (χ0) is 16.4. The van der Waals surface area contributed by atoms with Gasteiger partial charge in [-0.05, 0) is 24.6 Å². The number of benzene rings is 1. The fourth-order valence-electron chi connectivity index (χ4n) is 2.45. The van der Waals surface area contributed by atoms with Crippen LogP contribution in [0.2, 0.25) is 0 Å². The highest BCUT2D eigenvalue weighted by Crippen LogP contribution is 2.42. The lowest BCUT2D eigenvalue weighted by Gasteiger charge is -2.16. The van der Waals surface area contributed by atoms with Crippen molar-refractivity contribution in [1.82, 2.24) is 10.2 Å². The Kier molecular flexibility index (Phi) is 4.24. The Bertz CT molecular complexity index is 759. The second-order valence-corrected chi connectivity index (χ2v) is 6.27. The first-order valence-corrected chi connectivity index (χ1v) is 8.07. The first-order valence-electron chi connectivity index (χ1n) is 7.02. The molecule has 1 aromatic heterocycles. The molecule has 0 spiro atoms. The van der Waals surface area contributed by atoms with Gasteiger partial charge in [0.15, 0.2) is 12.4 Å². The molecular formula is C15H16N4O3S. The van der Waals surface area contributed by atoms with Crippen molar-refractivity contribution in [3.63, 3.8) is 0 Å². The summed E-state index contributed by atoms with van der Waals surface area (Å²) in [4.78, 5) is 22.7. The van der Waals surface area contributed by atoms with Crippen molar-refractivity contribution in [3.05, 3.63) is 41.1 Å². The third-order valence-corrected chi connectivity index (χ3v) is 4.71. The SMILES string of the molecule is Cc1[nH]nc2c1C(c1cccc(OCC(N)=O)c1)SCC(=O)N2. The van der Waals surface area contributed by atoms with Crippen molar-refractivity contribution in [2.24, 2.45) is 5.73 Å². The minimum Gasteiger partial charge on any atom is -0.484 e. The smallest absolute Gasteiger partial charge is 0.255 e. The molecule has 1 atom stereocenters. The number of thioether (sulfide) groups is 1. The number of rotatable bonds is 4. The molecule has 1 aliphatic rings. The number of nitrogens with one attached hydrogen (secondary N) is 2. The number of hydrogen-bond donors (Lipinski definition) is 3. The number of nitrogens with two attached hydrogens (primary N) is 1. The van der Waals surface area contributed by atoms with E-state index in [2.05, 4.69) is 15.5 Å². The number of anilines is 1. The standard InChI is InChI=1S/C15H16N4O3S/c1-8-13-14(23-7-12(21)17-15(13)19-18-8)9-3-2-4-10(5-9)22-6-11(16)20/h2-5,14H,6-7H2,1H3,(H2,16,20)(H2,17,18,19,21). The summed E-state index contributed by atoms with van der Waals surface area (Å²) in [6.45, 7) is 1.75. The highest BCUT2D eigenvalue weighted by atomic mass is 32.2. The van der Waals surface area contributed by atoms with E-state index in [1.807, 2.05) is 25.1 Å². The lowest BCUT2D eigenvalue weighted by molar-refractivity contribution is -0.120. The van der Waals surface area contributed by atoms with Crippen molar-refractivity contribution >= 4 is 29.4 Å². The van der Waals surface area contributed by atoms with E-state index in [4.69, 9.17) is 10.5 Å². The van der Waals surface area contributed by atoms with E-state index in [1.165, 1.54) is 11.8 Å². The molecule has 23 heavy (non-hydrogen) atoms. The Morgan fingerprint density at radius 1 is 1.52 bits per heavy atom. The van der Waals surface area contributed by atoms with Gasteiger partial charge in [0.1, 0.15) is 5.75 Å². The number of carbonyl (C=O) groups is 2. The second kappa shape index (κ2) is 6.33. The summed E-state index contributed by atoms with van der Waals surface area (Å²) in [5.41, 5.74) is 7.93. The summed E-state index contributed by atoms with van der Waals surface area (Å²) in [5, 5.41) is 9.82. The molecule has 2 heterocycles. The van der Waals surface area contributed by atoms with Crippen LogP contribution in [0.25, 0.3) is 0 Å². The molecule has 8 heteroatoms. The van der Waals surface area contributed by atoms with Crippen LogP contribution in [0.1, 0.15) is 22.1 Å². The Morgan fingerprint density at radius 3 is 3.13 bits per heavy atom. The molecule has 1 aromatic carbocycles. The number of hydrogen-bond acceptors (Lipinski definition) is 5. The van der Waals surface area contributed by atoms with E-state index in [1.54, 1.807) is 6.07 Å². The monoisotopic (exact) mass is 332 g/mol. The molecule has 3 rings (SSSR count). The maximum absolute atomic E-state index is 11.8. The Labute approximate surface area is 137 Å². The summed E-state index contributed by atoms with van der Waals surface area (Å²) in [7, 11) is 0. The van der Waals surface area contributed by atoms with Crippen LogP contribution < -0.4 is 15.8 Å². The van der Waals surface area contributed by atoms with Gasteiger partial charge in [-0.15, -0.1) is 11.8 Å². The van der Waals surface area contributed by atoms with Crippen LogP contribution in [0.15, 0.2) is 24.3 Å². The van der Waals surface area contributed by atoms with Crippen molar-refractivity contribution in [2.75, 3.05) is 17.7 Å². The molecule has 7 nitrogen and oxygen atoms in total. The fourth-order valence-corrected chi connectivity index (χ4v) is 3.63. The minimum atomic E-state index is -0.526. The van der Waals surface area contributed by atoms with Crippen LogP contribution in [-0.2, 0) is 9.59 Å². The first kappa shape index (κ1) is 15.4. The van der Waals surface area contributed by atoms with Gasteiger partial charge in [0.05, 0.1) is 11.0 Å². The number of amides is 2. The molecule has 0 saturated heterocycles. The predicted molar refractivity (Wildman–Crippen MR) is 87.4 cm³/mol. The predicted octanol–water partition coefficient (Wildman–Crippen LogP) is 1.36. The average molecular weight is 332 g/mol. The zero-order valence-electron chi connectivity index (χ0n) is 12.5. The first-order chi connectivity index (χ1) is 11.0. The van der Waals surface area contributed by atoms with Crippen LogP contribution >= 0.6 is 11.8 Å². The number of H-pyrrole nitrogens is 1. The van der Waals surface area contributed by atoms with Crippen molar-refractivity contribution < 1.29 is 14.3 Å². The van der Waals surface area contributed by atoms with E-state index in [0.29, 0.717) is 17.3 Å². The highest BCUT2D eigenvalue weighted by molar-refractivity contribution is 8.00. The van der Waals surface area contributed by atoms with Crippen LogP contribution in [-0.4, -0.2) is 34.4 Å². The molecule has 0 saturated carbocycles. The third-order valence-electron chi connectivity index (χ3n) is 3.44. The van der Waals surface area contributed by atoms with Crippen molar-refractivity contribution in [1.29, 1.82) is 0 Å². The van der Waals surface area contributed by atoms with Crippen LogP contribution in [0.4, 0.5) is 5.82 Å². The maximum Gasteiger partial charge on any atom is 0.255 e. The summed E-state index contributed by atoms with van der Waals surface area (Å²) < 4.78 is 5.36. The molecule has 4 N–H and O–H groups in total. The molecule has 1 unspecified atom stereocenters. The number of carbonyl (C=O) groups excluding carboxylic acids is 2. The molecule has 0 aliphatic carbocycles. The van der Waals surface area contributed by atoms with Crippen LogP contribution in [0.3, 0.4) is 0 Å². The number of ether oxygens (including phenoxy) is 1. The molecule has 2 amide bonds. The van der Waals surface area contributed by atoms with Gasteiger partial charge >= 0.3 is 0 Å². The van der Waals surface area contributed by atoms with E-state index in [0.717, 1.165) is 16.8 Å². The quantitative estimate of drug-likeness (QED) is 0.783. The topological polar surface area (TPSA) is 110 Å². The Balaban J connectivity index is 1.94. The summed E-state index contributed by atoms with van der Waals surface area (Å²) >= 11 is 1.52. The number of primary amides is 1. The van der Waals surface area contributed by atoms with Gasteiger partial charge in [-0.3, -0.25) is 14.7 Å². The van der Waals surface area contributed by atoms with E-state index in [-0.39, 0.29) is 17.8 Å². The normalized spacial score (nSPS) is 17.1. The molecule has 0 radical (unpaired) electrons. The molecule has 1 aliphatic heterocycles. The summed E-state index contributed by atoms with van der Waals surface area (Å²) in [6.07, 6.45) is 0. The van der Waals surface area contributed by atoms with Gasteiger partial charge in [-0.2, -0.15) is 5.10 Å². The van der Waals surface area contributed by atoms with Crippen molar-refractivity contribution in [2.45, 2.75) is 12.2 Å². The van der Waals surface area contributed by atoms with Gasteiger partial charge in [0.25, 0.3) is 5.91 Å². The number of aromatic amines is 1.